The summed E-state index contributed by atoms with van der Waals surface area (Å²) >= 11 is 0. The third kappa shape index (κ3) is 3.17. The van der Waals surface area contributed by atoms with E-state index in [1.807, 2.05) is 67.6 Å². The molecule has 0 radical (unpaired) electrons. The fourth-order valence-corrected chi connectivity index (χ4v) is 4.39. The Labute approximate surface area is 180 Å². The van der Waals surface area contributed by atoms with Crippen molar-refractivity contribution in [1.82, 2.24) is 0 Å². The Morgan fingerprint density at radius 3 is 2.00 bits per heavy atom. The molecule has 0 spiro atoms. The number of hydrogen-bond donors (Lipinski definition) is 1. The molecule has 0 heterocycles. The van der Waals surface area contributed by atoms with Crippen LogP contribution in [0.4, 0.5) is 0 Å². The average Bonchev–Trinajstić information content (AvgIpc) is 2.79. The molecule has 0 aromatic heterocycles. The zero-order valence-corrected chi connectivity index (χ0v) is 17.4. The number of fused-ring (bicyclic) bond motifs is 3. The molecule has 31 heavy (non-hydrogen) atoms. The van der Waals surface area contributed by atoms with E-state index < -0.39 is 0 Å². The molecule has 150 valence electrons. The van der Waals surface area contributed by atoms with Gasteiger partial charge in [-0.2, -0.15) is 0 Å². The molecule has 0 saturated carbocycles. The van der Waals surface area contributed by atoms with Crippen LogP contribution in [0.5, 0.6) is 5.75 Å². The van der Waals surface area contributed by atoms with E-state index in [0.717, 1.165) is 42.8 Å². The van der Waals surface area contributed by atoms with Gasteiger partial charge in [-0.1, -0.05) is 68.1 Å². The molecule has 5 aromatic carbocycles. The second-order valence-electron chi connectivity index (χ2n) is 7.89. The van der Waals surface area contributed by atoms with Crippen molar-refractivity contribution in [3.63, 3.8) is 0 Å². The Hall–Kier alpha value is -3.91. The van der Waals surface area contributed by atoms with Gasteiger partial charge in [0.2, 0.25) is 0 Å². The van der Waals surface area contributed by atoms with E-state index in [1.165, 1.54) is 0 Å². The van der Waals surface area contributed by atoms with Gasteiger partial charge >= 0.3 is 0 Å². The van der Waals surface area contributed by atoms with Gasteiger partial charge in [-0.3, -0.25) is 4.79 Å². The third-order valence-corrected chi connectivity index (χ3v) is 5.95. The maximum atomic E-state index is 13.3. The fraction of sp³-hybridized carbons (Fsp3) is 0.0690. The summed E-state index contributed by atoms with van der Waals surface area (Å²) in [4.78, 5) is 13.3. The van der Waals surface area contributed by atoms with Crippen LogP contribution in [0.2, 0.25) is 0 Å². The number of hydrogen-bond acceptors (Lipinski definition) is 2. The first-order valence-corrected chi connectivity index (χ1v) is 10.5. The SMILES string of the molecule is C=c1cc2ccccc2c/c1=C(/C(=O)CC)c1c(O)ccc2cc3ccccc3cc12. The number of Topliss-reactive ketones (excluding diaryl/α,β-unsaturated/α-hetero) is 1. The maximum Gasteiger partial charge on any atom is 0.163 e. The van der Waals surface area contributed by atoms with Crippen molar-refractivity contribution in [2.75, 3.05) is 0 Å². The van der Waals surface area contributed by atoms with E-state index >= 15 is 0 Å². The summed E-state index contributed by atoms with van der Waals surface area (Å²) in [5.41, 5.74) is 1.10. The lowest BCUT2D eigenvalue weighted by molar-refractivity contribution is -0.113. The molecule has 0 saturated heterocycles. The minimum Gasteiger partial charge on any atom is -0.507 e. The number of carbonyl (C=O) groups is 1. The molecular formula is C29H22O2. The highest BCUT2D eigenvalue weighted by atomic mass is 16.3. The maximum absolute atomic E-state index is 13.3. The topological polar surface area (TPSA) is 37.3 Å². The molecular weight excluding hydrogens is 380 g/mol. The van der Waals surface area contributed by atoms with Gasteiger partial charge in [0.1, 0.15) is 5.75 Å². The van der Waals surface area contributed by atoms with Crippen molar-refractivity contribution < 1.29 is 9.90 Å². The van der Waals surface area contributed by atoms with Gasteiger partial charge in [0.05, 0.1) is 0 Å². The molecule has 5 aromatic rings. The van der Waals surface area contributed by atoms with E-state index in [2.05, 4.69) is 24.8 Å². The summed E-state index contributed by atoms with van der Waals surface area (Å²) < 4.78 is 0. The van der Waals surface area contributed by atoms with E-state index in [4.69, 9.17) is 0 Å². The minimum absolute atomic E-state index is 0.0175. The van der Waals surface area contributed by atoms with Gasteiger partial charge in [-0.05, 0) is 73.1 Å². The number of rotatable bonds is 3. The van der Waals surface area contributed by atoms with Crippen molar-refractivity contribution in [2.24, 2.45) is 0 Å². The molecule has 0 aliphatic carbocycles. The normalized spacial score (nSPS) is 12.4. The van der Waals surface area contributed by atoms with Crippen LogP contribution in [0.3, 0.4) is 0 Å². The number of ketones is 1. The van der Waals surface area contributed by atoms with Crippen LogP contribution >= 0.6 is 0 Å². The van der Waals surface area contributed by atoms with Crippen molar-refractivity contribution in [3.8, 4) is 5.75 Å². The molecule has 0 atom stereocenters. The monoisotopic (exact) mass is 402 g/mol. The summed E-state index contributed by atoms with van der Waals surface area (Å²) in [5, 5.41) is 18.7. The molecule has 0 bridgehead atoms. The summed E-state index contributed by atoms with van der Waals surface area (Å²) in [6.45, 7) is 6.09. The van der Waals surface area contributed by atoms with Crippen molar-refractivity contribution in [3.05, 3.63) is 101 Å². The van der Waals surface area contributed by atoms with Crippen LogP contribution in [0.15, 0.2) is 84.9 Å². The predicted molar refractivity (Wildman–Crippen MR) is 130 cm³/mol. The van der Waals surface area contributed by atoms with Gasteiger partial charge in [0.25, 0.3) is 0 Å². The molecule has 0 unspecified atom stereocenters. The highest BCUT2D eigenvalue weighted by Crippen LogP contribution is 2.35. The van der Waals surface area contributed by atoms with Gasteiger partial charge in [-0.25, -0.2) is 0 Å². The lowest BCUT2D eigenvalue weighted by atomic mass is 9.89. The molecule has 5 rings (SSSR count). The zero-order valence-electron chi connectivity index (χ0n) is 17.4. The van der Waals surface area contributed by atoms with Crippen LogP contribution in [0, 0.1) is 0 Å². The van der Waals surface area contributed by atoms with Gasteiger partial charge in [-0.15, -0.1) is 0 Å². The largest absolute Gasteiger partial charge is 0.507 e. The van der Waals surface area contributed by atoms with E-state index in [0.29, 0.717) is 17.6 Å². The zero-order chi connectivity index (χ0) is 21.5. The Balaban J connectivity index is 1.98. The smallest absolute Gasteiger partial charge is 0.163 e. The lowest BCUT2D eigenvalue weighted by Gasteiger charge is -2.14. The van der Waals surface area contributed by atoms with Crippen LogP contribution in [-0.2, 0) is 4.79 Å². The second kappa shape index (κ2) is 7.41. The van der Waals surface area contributed by atoms with E-state index in [9.17, 15) is 9.90 Å². The number of aromatic hydroxyl groups is 1. The lowest BCUT2D eigenvalue weighted by Crippen LogP contribution is -2.29. The molecule has 2 heteroatoms. The molecule has 0 aliphatic rings. The van der Waals surface area contributed by atoms with Crippen LogP contribution < -0.4 is 10.4 Å². The Bertz CT molecular complexity index is 1610. The van der Waals surface area contributed by atoms with Crippen LogP contribution in [0.1, 0.15) is 18.9 Å². The van der Waals surface area contributed by atoms with Crippen LogP contribution in [-0.4, -0.2) is 10.9 Å². The molecule has 0 amide bonds. The van der Waals surface area contributed by atoms with E-state index in [-0.39, 0.29) is 11.5 Å². The highest BCUT2D eigenvalue weighted by Gasteiger charge is 2.19. The van der Waals surface area contributed by atoms with Crippen molar-refractivity contribution in [1.29, 1.82) is 0 Å². The quantitative estimate of drug-likeness (QED) is 0.408. The van der Waals surface area contributed by atoms with Gasteiger partial charge in [0.15, 0.2) is 5.78 Å². The summed E-state index contributed by atoms with van der Waals surface area (Å²) in [6, 6.07) is 27.9. The standard InChI is InChI=1S/C29H22O2/c1-3-26(30)28(24-16-21-10-6-4-8-19(21)14-18(24)2)29-25-17-22-11-7-5-9-20(22)15-23(25)12-13-27(29)31/h4-17,31H,2-3H2,1H3/b28-24+. The first-order valence-electron chi connectivity index (χ1n) is 10.5. The van der Waals surface area contributed by atoms with Crippen molar-refractivity contribution >= 4 is 50.3 Å². The first kappa shape index (κ1) is 19.1. The fourth-order valence-electron chi connectivity index (χ4n) is 4.39. The summed E-state index contributed by atoms with van der Waals surface area (Å²) in [7, 11) is 0. The van der Waals surface area contributed by atoms with Crippen LogP contribution in [0.25, 0.3) is 44.5 Å². The van der Waals surface area contributed by atoms with Gasteiger partial charge < -0.3 is 5.11 Å². The Morgan fingerprint density at radius 2 is 1.35 bits per heavy atom. The molecule has 2 nitrogen and oxygen atoms in total. The number of benzene rings is 5. The molecule has 0 aliphatic heterocycles. The minimum atomic E-state index is -0.0175. The predicted octanol–water partition coefficient (Wildman–Crippen LogP) is 5.44. The molecule has 1 N–H and O–H groups in total. The first-order chi connectivity index (χ1) is 15.1. The average molecular weight is 402 g/mol. The summed E-state index contributed by atoms with van der Waals surface area (Å²) in [6.07, 6.45) is 0.338. The Kier molecular flexibility index (Phi) is 4.56. The Morgan fingerprint density at radius 1 is 0.774 bits per heavy atom. The highest BCUT2D eigenvalue weighted by molar-refractivity contribution is 6.25. The number of carbonyl (C=O) groups excluding carboxylic acids is 1. The number of phenols is 1. The third-order valence-electron chi connectivity index (χ3n) is 5.95. The second-order valence-corrected chi connectivity index (χ2v) is 7.89. The summed E-state index contributed by atoms with van der Waals surface area (Å²) in [5.74, 6) is 0.0864. The molecule has 0 fully saturated rings. The van der Waals surface area contributed by atoms with E-state index in [1.54, 1.807) is 6.07 Å². The van der Waals surface area contributed by atoms with Crippen molar-refractivity contribution in [2.45, 2.75) is 13.3 Å². The van der Waals surface area contributed by atoms with Gasteiger partial charge in [0, 0.05) is 17.6 Å². The number of phenolic OH excluding ortho intramolecular Hbond substituents is 1.